The van der Waals surface area contributed by atoms with Crippen molar-refractivity contribution in [2.75, 3.05) is 31.1 Å². The first kappa shape index (κ1) is 12.4. The first-order valence-corrected chi connectivity index (χ1v) is 7.53. The van der Waals surface area contributed by atoms with Crippen molar-refractivity contribution in [1.29, 1.82) is 0 Å². The van der Waals surface area contributed by atoms with Crippen molar-refractivity contribution in [2.24, 2.45) is 5.73 Å². The number of nitrogens with two attached hydrogens (primary N) is 1. The summed E-state index contributed by atoms with van der Waals surface area (Å²) in [6.07, 6.45) is 0. The first-order chi connectivity index (χ1) is 7.81. The Labute approximate surface area is 110 Å². The van der Waals surface area contributed by atoms with Crippen LogP contribution in [0.1, 0.15) is 11.6 Å². The minimum Gasteiger partial charge on any atom is -0.329 e. The number of nitrogens with zero attached hydrogens (tertiary/aromatic N) is 1. The van der Waals surface area contributed by atoms with Gasteiger partial charge in [0, 0.05) is 41.7 Å². The zero-order chi connectivity index (χ0) is 11.4. The molecular weight excluding hydrogens is 284 g/mol. The number of thioether (sulfide) groups is 1. The summed E-state index contributed by atoms with van der Waals surface area (Å²) < 4.78 is 1.13. The van der Waals surface area contributed by atoms with Crippen molar-refractivity contribution in [2.45, 2.75) is 6.04 Å². The Morgan fingerprint density at radius 1 is 1.25 bits per heavy atom. The lowest BCUT2D eigenvalue weighted by atomic mass is 10.1. The quantitative estimate of drug-likeness (QED) is 0.930. The molecule has 88 valence electrons. The van der Waals surface area contributed by atoms with Crippen molar-refractivity contribution in [3.8, 4) is 0 Å². The Bertz CT molecular complexity index is 322. The number of hydrogen-bond acceptors (Lipinski definition) is 3. The molecule has 1 aliphatic heterocycles. The third-order valence-electron chi connectivity index (χ3n) is 2.96. The predicted molar refractivity (Wildman–Crippen MR) is 74.8 cm³/mol. The molecule has 1 fully saturated rings. The van der Waals surface area contributed by atoms with Crippen LogP contribution in [0.3, 0.4) is 0 Å². The third-order valence-corrected chi connectivity index (χ3v) is 4.44. The topological polar surface area (TPSA) is 29.3 Å². The van der Waals surface area contributed by atoms with Crippen LogP contribution in [0.25, 0.3) is 0 Å². The summed E-state index contributed by atoms with van der Waals surface area (Å²) in [6.45, 7) is 3.01. The van der Waals surface area contributed by atoms with Gasteiger partial charge in [0.25, 0.3) is 0 Å². The van der Waals surface area contributed by atoms with E-state index in [1.165, 1.54) is 17.1 Å². The molecule has 16 heavy (non-hydrogen) atoms. The van der Waals surface area contributed by atoms with Gasteiger partial charge in [-0.25, -0.2) is 0 Å². The lowest BCUT2D eigenvalue weighted by Gasteiger charge is -2.33. The Morgan fingerprint density at radius 2 is 1.88 bits per heavy atom. The highest BCUT2D eigenvalue weighted by atomic mass is 79.9. The average molecular weight is 301 g/mol. The van der Waals surface area contributed by atoms with Crippen LogP contribution in [-0.4, -0.2) is 36.0 Å². The Balaban J connectivity index is 2.11. The van der Waals surface area contributed by atoms with Crippen LogP contribution in [0.5, 0.6) is 0 Å². The van der Waals surface area contributed by atoms with E-state index in [2.05, 4.69) is 45.1 Å². The molecule has 2 nitrogen and oxygen atoms in total. The summed E-state index contributed by atoms with van der Waals surface area (Å²) in [6, 6.07) is 8.91. The molecule has 4 heteroatoms. The second-order valence-electron chi connectivity index (χ2n) is 3.95. The molecule has 0 spiro atoms. The molecule has 0 aliphatic carbocycles. The zero-order valence-corrected chi connectivity index (χ0v) is 11.6. The number of benzene rings is 1. The van der Waals surface area contributed by atoms with Gasteiger partial charge >= 0.3 is 0 Å². The van der Waals surface area contributed by atoms with Crippen molar-refractivity contribution in [1.82, 2.24) is 4.90 Å². The van der Waals surface area contributed by atoms with Crippen LogP contribution in [0.4, 0.5) is 0 Å². The van der Waals surface area contributed by atoms with Crippen LogP contribution in [0.15, 0.2) is 28.7 Å². The summed E-state index contributed by atoms with van der Waals surface area (Å²) in [7, 11) is 0. The fourth-order valence-corrected chi connectivity index (χ4v) is 3.27. The molecule has 1 atom stereocenters. The van der Waals surface area contributed by atoms with Crippen LogP contribution in [0, 0.1) is 0 Å². The Morgan fingerprint density at radius 3 is 2.44 bits per heavy atom. The van der Waals surface area contributed by atoms with Crippen molar-refractivity contribution in [3.63, 3.8) is 0 Å². The SMILES string of the molecule is NCC(c1ccc(Br)cc1)N1CCSCC1. The third kappa shape index (κ3) is 3.00. The molecule has 1 aromatic carbocycles. The molecule has 2 N–H and O–H groups in total. The van der Waals surface area contributed by atoms with Crippen LogP contribution in [0.2, 0.25) is 0 Å². The van der Waals surface area contributed by atoms with Gasteiger partial charge in [-0.15, -0.1) is 0 Å². The minimum atomic E-state index is 0.383. The second kappa shape index (κ2) is 6.05. The molecule has 1 aromatic rings. The first-order valence-electron chi connectivity index (χ1n) is 5.58. The average Bonchev–Trinajstić information content (AvgIpc) is 2.34. The molecule has 0 radical (unpaired) electrons. The summed E-state index contributed by atoms with van der Waals surface area (Å²) >= 11 is 5.50. The molecular formula is C12H17BrN2S. The summed E-state index contributed by atoms with van der Waals surface area (Å²) in [4.78, 5) is 2.50. The number of halogens is 1. The highest BCUT2D eigenvalue weighted by Crippen LogP contribution is 2.24. The van der Waals surface area contributed by atoms with Gasteiger partial charge in [-0.3, -0.25) is 4.90 Å². The predicted octanol–water partition coefficient (Wildman–Crippen LogP) is 2.50. The summed E-state index contributed by atoms with van der Waals surface area (Å²) in [5.74, 6) is 2.46. The maximum atomic E-state index is 5.91. The van der Waals surface area contributed by atoms with Gasteiger partial charge < -0.3 is 5.73 Å². The van der Waals surface area contributed by atoms with E-state index in [1.54, 1.807) is 0 Å². The van der Waals surface area contributed by atoms with E-state index in [1.807, 2.05) is 11.8 Å². The van der Waals surface area contributed by atoms with Gasteiger partial charge in [0.05, 0.1) is 0 Å². The lowest BCUT2D eigenvalue weighted by molar-refractivity contribution is 0.223. The van der Waals surface area contributed by atoms with Crippen LogP contribution in [-0.2, 0) is 0 Å². The molecule has 0 aromatic heterocycles. The molecule has 0 amide bonds. The fraction of sp³-hybridized carbons (Fsp3) is 0.500. The molecule has 2 rings (SSSR count). The van der Waals surface area contributed by atoms with E-state index < -0.39 is 0 Å². The van der Waals surface area contributed by atoms with E-state index in [4.69, 9.17) is 5.73 Å². The van der Waals surface area contributed by atoms with E-state index in [9.17, 15) is 0 Å². The largest absolute Gasteiger partial charge is 0.329 e. The van der Waals surface area contributed by atoms with E-state index in [-0.39, 0.29) is 0 Å². The van der Waals surface area contributed by atoms with Crippen molar-refractivity contribution >= 4 is 27.7 Å². The lowest BCUT2D eigenvalue weighted by Crippen LogP contribution is -2.39. The fourth-order valence-electron chi connectivity index (χ4n) is 2.07. The van der Waals surface area contributed by atoms with E-state index in [0.29, 0.717) is 12.6 Å². The van der Waals surface area contributed by atoms with Crippen LogP contribution < -0.4 is 5.73 Å². The molecule has 0 saturated carbocycles. The van der Waals surface area contributed by atoms with Crippen molar-refractivity contribution < 1.29 is 0 Å². The van der Waals surface area contributed by atoms with Crippen molar-refractivity contribution in [3.05, 3.63) is 34.3 Å². The normalized spacial score (nSPS) is 19.6. The molecule has 1 saturated heterocycles. The monoisotopic (exact) mass is 300 g/mol. The molecule has 0 bridgehead atoms. The van der Waals surface area contributed by atoms with Gasteiger partial charge in [0.15, 0.2) is 0 Å². The summed E-state index contributed by atoms with van der Waals surface area (Å²) in [5, 5.41) is 0. The highest BCUT2D eigenvalue weighted by molar-refractivity contribution is 9.10. The Hall–Kier alpha value is -0.0300. The maximum Gasteiger partial charge on any atom is 0.0471 e. The van der Waals surface area contributed by atoms with Gasteiger partial charge in [0.1, 0.15) is 0 Å². The Kier molecular flexibility index (Phi) is 4.70. The molecule has 1 aliphatic rings. The van der Waals surface area contributed by atoms with Crippen LogP contribution >= 0.6 is 27.7 Å². The van der Waals surface area contributed by atoms with Gasteiger partial charge in [-0.05, 0) is 17.7 Å². The van der Waals surface area contributed by atoms with Gasteiger partial charge in [-0.2, -0.15) is 11.8 Å². The molecule has 1 heterocycles. The minimum absolute atomic E-state index is 0.383. The van der Waals surface area contributed by atoms with E-state index >= 15 is 0 Å². The smallest absolute Gasteiger partial charge is 0.0471 e. The number of hydrogen-bond donors (Lipinski definition) is 1. The van der Waals surface area contributed by atoms with Gasteiger partial charge in [0.2, 0.25) is 0 Å². The maximum absolute atomic E-state index is 5.91. The summed E-state index contributed by atoms with van der Waals surface area (Å²) in [5.41, 5.74) is 7.24. The number of rotatable bonds is 3. The van der Waals surface area contributed by atoms with E-state index in [0.717, 1.165) is 17.6 Å². The van der Waals surface area contributed by atoms with Gasteiger partial charge in [-0.1, -0.05) is 28.1 Å². The zero-order valence-electron chi connectivity index (χ0n) is 9.23. The molecule has 1 unspecified atom stereocenters. The second-order valence-corrected chi connectivity index (χ2v) is 6.09. The standard InChI is InChI=1S/C12H17BrN2S/c13-11-3-1-10(2-4-11)12(9-14)15-5-7-16-8-6-15/h1-4,12H,5-9,14H2. The highest BCUT2D eigenvalue weighted by Gasteiger charge is 2.20.